The van der Waals surface area contributed by atoms with Gasteiger partial charge in [0.1, 0.15) is 0 Å². The van der Waals surface area contributed by atoms with Crippen LogP contribution < -0.4 is 5.73 Å². The van der Waals surface area contributed by atoms with Crippen LogP contribution in [0.3, 0.4) is 0 Å². The molecule has 1 aromatic rings. The third kappa shape index (κ3) is 2.57. The summed E-state index contributed by atoms with van der Waals surface area (Å²) in [4.78, 5) is 13.3. The van der Waals surface area contributed by atoms with Crippen LogP contribution in [0.25, 0.3) is 0 Å². The van der Waals surface area contributed by atoms with Crippen LogP contribution in [0, 0.1) is 24.2 Å². The van der Waals surface area contributed by atoms with E-state index in [1.54, 1.807) is 0 Å². The van der Waals surface area contributed by atoms with Crippen molar-refractivity contribution in [3.05, 3.63) is 42.0 Å². The average Bonchev–Trinajstić information content (AvgIpc) is 3.12. The van der Waals surface area contributed by atoms with E-state index in [2.05, 4.69) is 19.1 Å². The number of nitrogens with two attached hydrogens (primary N) is 1. The fraction of sp³-hybridized carbons (Fsp3) is 0.526. The van der Waals surface area contributed by atoms with Crippen molar-refractivity contribution in [3.8, 4) is 0 Å². The van der Waals surface area contributed by atoms with Gasteiger partial charge in [-0.1, -0.05) is 49.6 Å². The van der Waals surface area contributed by atoms with Crippen molar-refractivity contribution in [1.29, 1.82) is 0 Å². The zero-order valence-corrected chi connectivity index (χ0v) is 14.6. The molecule has 0 heterocycles. The highest BCUT2D eigenvalue weighted by atomic mass is 32.2. The number of rotatable bonds is 6. The van der Waals surface area contributed by atoms with Crippen molar-refractivity contribution in [2.24, 2.45) is 23.0 Å². The van der Waals surface area contributed by atoms with Crippen LogP contribution in [0.2, 0.25) is 0 Å². The Morgan fingerprint density at radius 1 is 1.30 bits per heavy atom. The van der Waals surface area contributed by atoms with Gasteiger partial charge < -0.3 is 5.73 Å². The molecule has 1 saturated carbocycles. The predicted molar refractivity (Wildman–Crippen MR) is 93.3 cm³/mol. The summed E-state index contributed by atoms with van der Waals surface area (Å²) in [6, 6.07) is 7.81. The van der Waals surface area contributed by atoms with Gasteiger partial charge in [-0.25, -0.2) is 0 Å². The predicted octanol–water partition coefficient (Wildman–Crippen LogP) is 3.34. The summed E-state index contributed by atoms with van der Waals surface area (Å²) in [5.41, 5.74) is 6.38. The van der Waals surface area contributed by atoms with Gasteiger partial charge in [0.15, 0.2) is 0 Å². The molecule has 0 aromatic heterocycles. The number of benzene rings is 1. The van der Waals surface area contributed by atoms with Crippen molar-refractivity contribution in [3.63, 3.8) is 0 Å². The normalized spacial score (nSPS) is 33.0. The van der Waals surface area contributed by atoms with Gasteiger partial charge in [0.2, 0.25) is 5.91 Å². The SMILES string of the molecule is CCCC[C@]1(C(N)=O)[C@H]2C=C[C@H](C2)[C@H]1[S@@](=O)c1ccc(C)cc1. The molecule has 1 amide bonds. The molecule has 1 aromatic carbocycles. The van der Waals surface area contributed by atoms with Gasteiger partial charge in [-0.15, -0.1) is 0 Å². The standard InChI is InChI=1S/C19H25NO2S/c1-3-4-11-19(18(20)21)15-8-7-14(12-15)17(19)23(22)16-9-5-13(2)6-10-16/h5-10,14-15,17H,3-4,11-12H2,1-2H3,(H2,20,21)/t14-,15+,17-,19+,23+/m1/s1. The van der Waals surface area contributed by atoms with Gasteiger partial charge in [0.05, 0.1) is 21.5 Å². The number of hydrogen-bond acceptors (Lipinski definition) is 2. The molecule has 3 rings (SSSR count). The molecule has 2 N–H and O–H groups in total. The molecule has 1 fully saturated rings. The maximum atomic E-state index is 13.3. The molecule has 0 aliphatic heterocycles. The first kappa shape index (κ1) is 16.4. The second-order valence-corrected chi connectivity index (χ2v) is 8.50. The Labute approximate surface area is 140 Å². The number of aryl methyl sites for hydroxylation is 1. The highest BCUT2D eigenvalue weighted by Gasteiger charge is 2.61. The minimum Gasteiger partial charge on any atom is -0.369 e. The van der Waals surface area contributed by atoms with Gasteiger partial charge in [-0.2, -0.15) is 0 Å². The summed E-state index contributed by atoms with van der Waals surface area (Å²) in [6.07, 6.45) is 7.89. The van der Waals surface area contributed by atoms with Crippen LogP contribution in [0.4, 0.5) is 0 Å². The zero-order chi connectivity index (χ0) is 16.6. The number of primary amides is 1. The van der Waals surface area contributed by atoms with Crippen molar-refractivity contribution < 1.29 is 9.00 Å². The molecule has 3 nitrogen and oxygen atoms in total. The lowest BCUT2D eigenvalue weighted by Gasteiger charge is -2.38. The Hall–Kier alpha value is -1.42. The fourth-order valence-corrected chi connectivity index (χ4v) is 6.35. The van der Waals surface area contributed by atoms with Gasteiger partial charge >= 0.3 is 0 Å². The first-order chi connectivity index (χ1) is 11.0. The number of amides is 1. The van der Waals surface area contributed by atoms with Gasteiger partial charge in [0, 0.05) is 4.90 Å². The maximum Gasteiger partial charge on any atom is 0.225 e. The van der Waals surface area contributed by atoms with Crippen LogP contribution in [-0.4, -0.2) is 15.4 Å². The fourth-order valence-electron chi connectivity index (χ4n) is 4.34. The van der Waals surface area contributed by atoms with E-state index in [0.717, 1.165) is 36.1 Å². The highest BCUT2D eigenvalue weighted by molar-refractivity contribution is 7.85. The number of carbonyl (C=O) groups is 1. The first-order valence-electron chi connectivity index (χ1n) is 8.46. The topological polar surface area (TPSA) is 60.2 Å². The van der Waals surface area contributed by atoms with Crippen molar-refractivity contribution in [2.75, 3.05) is 0 Å². The molecule has 0 unspecified atom stereocenters. The smallest absolute Gasteiger partial charge is 0.225 e. The summed E-state index contributed by atoms with van der Waals surface area (Å²) in [5, 5.41) is -0.191. The minimum atomic E-state index is -1.21. The highest BCUT2D eigenvalue weighted by Crippen LogP contribution is 2.57. The Morgan fingerprint density at radius 2 is 2.00 bits per heavy atom. The molecular formula is C19H25NO2S. The number of carbonyl (C=O) groups excluding carboxylic acids is 1. The lowest BCUT2D eigenvalue weighted by atomic mass is 9.71. The molecule has 2 aliphatic carbocycles. The molecule has 124 valence electrons. The van der Waals surface area contributed by atoms with Crippen LogP contribution in [0.1, 0.15) is 38.2 Å². The zero-order valence-electron chi connectivity index (χ0n) is 13.8. The second kappa shape index (κ2) is 6.23. The summed E-state index contributed by atoms with van der Waals surface area (Å²) in [5.74, 6) is 0.0794. The Balaban J connectivity index is 2.00. The minimum absolute atomic E-state index is 0.149. The van der Waals surface area contributed by atoms with E-state index in [-0.39, 0.29) is 23.0 Å². The van der Waals surface area contributed by atoms with Crippen molar-refractivity contribution in [2.45, 2.75) is 49.7 Å². The van der Waals surface area contributed by atoms with E-state index in [1.807, 2.05) is 31.2 Å². The molecule has 0 saturated heterocycles. The molecule has 23 heavy (non-hydrogen) atoms. The largest absolute Gasteiger partial charge is 0.369 e. The first-order valence-corrected chi connectivity index (χ1v) is 9.67. The maximum absolute atomic E-state index is 13.3. The van der Waals surface area contributed by atoms with E-state index in [1.165, 1.54) is 0 Å². The molecule has 0 radical (unpaired) electrons. The van der Waals surface area contributed by atoms with Gasteiger partial charge in [-0.05, 0) is 43.7 Å². The Bertz CT molecular complexity index is 652. The number of allylic oxidation sites excluding steroid dienone is 2. The Kier molecular flexibility index (Phi) is 4.45. The van der Waals surface area contributed by atoms with Crippen LogP contribution >= 0.6 is 0 Å². The van der Waals surface area contributed by atoms with Crippen LogP contribution in [0.5, 0.6) is 0 Å². The van der Waals surface area contributed by atoms with Gasteiger partial charge in [0.25, 0.3) is 0 Å². The third-order valence-corrected chi connectivity index (χ3v) is 7.53. The van der Waals surface area contributed by atoms with Gasteiger partial charge in [-0.3, -0.25) is 9.00 Å². The molecule has 2 bridgehead atoms. The summed E-state index contributed by atoms with van der Waals surface area (Å²) < 4.78 is 13.3. The number of unbranched alkanes of at least 4 members (excludes halogenated alkanes) is 1. The number of hydrogen-bond donors (Lipinski definition) is 1. The summed E-state index contributed by atoms with van der Waals surface area (Å²) in [6.45, 7) is 4.13. The van der Waals surface area contributed by atoms with E-state index < -0.39 is 16.2 Å². The quantitative estimate of drug-likeness (QED) is 0.813. The summed E-state index contributed by atoms with van der Waals surface area (Å²) in [7, 11) is -1.21. The average molecular weight is 331 g/mol. The Morgan fingerprint density at radius 3 is 2.61 bits per heavy atom. The monoisotopic (exact) mass is 331 g/mol. The molecular weight excluding hydrogens is 306 g/mol. The third-order valence-electron chi connectivity index (χ3n) is 5.56. The lowest BCUT2D eigenvalue weighted by molar-refractivity contribution is -0.129. The molecule has 4 heteroatoms. The summed E-state index contributed by atoms with van der Waals surface area (Å²) >= 11 is 0. The lowest BCUT2D eigenvalue weighted by Crippen LogP contribution is -2.51. The van der Waals surface area contributed by atoms with Crippen LogP contribution in [-0.2, 0) is 15.6 Å². The second-order valence-electron chi connectivity index (χ2n) is 6.93. The van der Waals surface area contributed by atoms with Crippen LogP contribution in [0.15, 0.2) is 41.3 Å². The van der Waals surface area contributed by atoms with E-state index in [0.29, 0.717) is 0 Å². The molecule has 5 atom stereocenters. The number of fused-ring (bicyclic) bond motifs is 2. The van der Waals surface area contributed by atoms with E-state index in [4.69, 9.17) is 5.73 Å². The van der Waals surface area contributed by atoms with Crippen molar-refractivity contribution in [1.82, 2.24) is 0 Å². The van der Waals surface area contributed by atoms with Crippen molar-refractivity contribution >= 4 is 16.7 Å². The molecule has 0 spiro atoms. The van der Waals surface area contributed by atoms with E-state index in [9.17, 15) is 9.00 Å². The van der Waals surface area contributed by atoms with E-state index >= 15 is 0 Å². The molecule has 2 aliphatic rings.